The molecular weight excluding hydrogens is 464 g/mol. The highest BCUT2D eigenvalue weighted by Gasteiger charge is 2.47. The van der Waals surface area contributed by atoms with Crippen LogP contribution in [0.5, 0.6) is 17.2 Å². The molecule has 0 radical (unpaired) electrons. The summed E-state index contributed by atoms with van der Waals surface area (Å²) in [4.78, 5) is 30.5. The van der Waals surface area contributed by atoms with Crippen molar-refractivity contribution in [2.45, 2.75) is 13.0 Å². The van der Waals surface area contributed by atoms with Crippen molar-refractivity contribution in [3.05, 3.63) is 58.7 Å². The first-order chi connectivity index (χ1) is 17.4. The Balaban J connectivity index is 1.84. The zero-order valence-electron chi connectivity index (χ0n) is 21.1. The maximum atomic E-state index is 13.4. The van der Waals surface area contributed by atoms with Crippen LogP contribution in [0.2, 0.25) is 0 Å². The summed E-state index contributed by atoms with van der Waals surface area (Å²) in [6.07, 6.45) is 0. The minimum atomic E-state index is -0.849. The lowest BCUT2D eigenvalue weighted by Gasteiger charge is -2.31. The molecule has 2 saturated heterocycles. The summed E-state index contributed by atoms with van der Waals surface area (Å²) < 4.78 is 21.8. The van der Waals surface area contributed by atoms with Crippen LogP contribution >= 0.6 is 0 Å². The molecule has 1 N–H and O–H groups in total. The first-order valence-electron chi connectivity index (χ1n) is 11.9. The number of aliphatic hydroxyl groups is 1. The first-order valence-corrected chi connectivity index (χ1v) is 11.9. The number of ketones is 1. The molecule has 1 amide bonds. The number of hydrogen-bond acceptors (Lipinski definition) is 8. The second-order valence-corrected chi connectivity index (χ2v) is 8.71. The largest absolute Gasteiger partial charge is 0.507 e. The molecule has 1 atom stereocenters. The molecule has 9 nitrogen and oxygen atoms in total. The Morgan fingerprint density at radius 1 is 1.03 bits per heavy atom. The molecule has 2 fully saturated rings. The van der Waals surface area contributed by atoms with E-state index in [1.807, 2.05) is 6.92 Å². The van der Waals surface area contributed by atoms with Crippen molar-refractivity contribution in [1.82, 2.24) is 9.80 Å². The average molecular weight is 497 g/mol. The van der Waals surface area contributed by atoms with E-state index in [-0.39, 0.29) is 11.3 Å². The number of rotatable bonds is 8. The fourth-order valence-electron chi connectivity index (χ4n) is 4.81. The predicted octanol–water partition coefficient (Wildman–Crippen LogP) is 2.77. The molecule has 0 unspecified atom stereocenters. The van der Waals surface area contributed by atoms with Gasteiger partial charge in [-0.1, -0.05) is 12.1 Å². The van der Waals surface area contributed by atoms with Gasteiger partial charge in [-0.25, -0.2) is 0 Å². The van der Waals surface area contributed by atoms with Crippen LogP contribution in [0, 0.1) is 6.92 Å². The summed E-state index contributed by atoms with van der Waals surface area (Å²) >= 11 is 0. The predicted molar refractivity (Wildman–Crippen MR) is 134 cm³/mol. The summed E-state index contributed by atoms with van der Waals surface area (Å²) in [5.41, 5.74) is 1.74. The van der Waals surface area contributed by atoms with Crippen LogP contribution in [0.3, 0.4) is 0 Å². The molecule has 192 valence electrons. The number of likely N-dealkylation sites (tertiary alicyclic amines) is 1. The molecule has 2 aromatic carbocycles. The second kappa shape index (κ2) is 11.0. The van der Waals surface area contributed by atoms with Crippen molar-refractivity contribution in [2.75, 3.05) is 60.7 Å². The zero-order valence-corrected chi connectivity index (χ0v) is 21.1. The highest BCUT2D eigenvalue weighted by molar-refractivity contribution is 6.46. The van der Waals surface area contributed by atoms with E-state index in [0.29, 0.717) is 60.2 Å². The zero-order chi connectivity index (χ0) is 25.8. The number of para-hydroxylation sites is 1. The Morgan fingerprint density at radius 2 is 1.78 bits per heavy atom. The van der Waals surface area contributed by atoms with Gasteiger partial charge in [-0.05, 0) is 36.8 Å². The molecule has 4 rings (SSSR count). The summed E-state index contributed by atoms with van der Waals surface area (Å²) in [6, 6.07) is 9.62. The van der Waals surface area contributed by atoms with E-state index in [4.69, 9.17) is 18.9 Å². The van der Waals surface area contributed by atoms with Crippen molar-refractivity contribution >= 4 is 17.4 Å². The lowest BCUT2D eigenvalue weighted by atomic mass is 9.93. The standard InChI is InChI=1S/C27H32N2O7/c1-17-16-18(33-2)8-9-19(17)24(30)22-23(20-6-5-7-21(34-3)26(20)35-4)29(27(32)25(22)31)11-10-28-12-14-36-15-13-28/h5-9,16,23,30H,10-15H2,1-4H3/t23-/m0/s1. The molecule has 0 saturated carbocycles. The van der Waals surface area contributed by atoms with Gasteiger partial charge in [0.05, 0.1) is 46.2 Å². The maximum Gasteiger partial charge on any atom is 0.295 e. The van der Waals surface area contributed by atoms with Gasteiger partial charge in [-0.3, -0.25) is 14.5 Å². The van der Waals surface area contributed by atoms with Gasteiger partial charge in [-0.2, -0.15) is 0 Å². The average Bonchev–Trinajstić information content (AvgIpc) is 3.16. The molecule has 0 spiro atoms. The third kappa shape index (κ3) is 4.76. The van der Waals surface area contributed by atoms with E-state index in [0.717, 1.165) is 13.1 Å². The topological polar surface area (TPSA) is 97.8 Å². The van der Waals surface area contributed by atoms with Crippen LogP contribution in [-0.4, -0.2) is 87.3 Å². The fraction of sp³-hybridized carbons (Fsp3) is 0.407. The third-order valence-corrected chi connectivity index (χ3v) is 6.72. The molecule has 2 heterocycles. The van der Waals surface area contributed by atoms with Crippen molar-refractivity contribution in [1.29, 1.82) is 0 Å². The fourth-order valence-corrected chi connectivity index (χ4v) is 4.81. The smallest absolute Gasteiger partial charge is 0.295 e. The van der Waals surface area contributed by atoms with E-state index in [1.165, 1.54) is 19.1 Å². The molecule has 0 aromatic heterocycles. The molecule has 0 aliphatic carbocycles. The lowest BCUT2D eigenvalue weighted by Crippen LogP contribution is -2.42. The number of ether oxygens (including phenoxy) is 4. The second-order valence-electron chi connectivity index (χ2n) is 8.71. The summed E-state index contributed by atoms with van der Waals surface area (Å²) in [5.74, 6) is -0.140. The number of morpholine rings is 1. The van der Waals surface area contributed by atoms with Crippen LogP contribution in [0.15, 0.2) is 42.0 Å². The minimum Gasteiger partial charge on any atom is -0.507 e. The van der Waals surface area contributed by atoms with Crippen molar-refractivity contribution in [3.63, 3.8) is 0 Å². The van der Waals surface area contributed by atoms with Gasteiger partial charge < -0.3 is 29.0 Å². The Kier molecular flexibility index (Phi) is 7.81. The van der Waals surface area contributed by atoms with Crippen LogP contribution in [0.4, 0.5) is 0 Å². The van der Waals surface area contributed by atoms with Gasteiger partial charge in [-0.15, -0.1) is 0 Å². The summed E-state index contributed by atoms with van der Waals surface area (Å²) in [5, 5.41) is 11.4. The van der Waals surface area contributed by atoms with E-state index >= 15 is 0 Å². The van der Waals surface area contributed by atoms with Crippen molar-refractivity contribution < 1.29 is 33.6 Å². The van der Waals surface area contributed by atoms with E-state index in [1.54, 1.807) is 43.5 Å². The van der Waals surface area contributed by atoms with Gasteiger partial charge in [0.25, 0.3) is 11.7 Å². The molecule has 2 aliphatic rings. The van der Waals surface area contributed by atoms with Crippen LogP contribution < -0.4 is 14.2 Å². The van der Waals surface area contributed by atoms with Crippen LogP contribution in [0.1, 0.15) is 22.7 Å². The third-order valence-electron chi connectivity index (χ3n) is 6.72. The molecule has 36 heavy (non-hydrogen) atoms. The van der Waals surface area contributed by atoms with Gasteiger partial charge in [0.1, 0.15) is 11.5 Å². The van der Waals surface area contributed by atoms with E-state index in [2.05, 4.69) is 4.90 Å². The number of methoxy groups -OCH3 is 3. The van der Waals surface area contributed by atoms with Crippen molar-refractivity contribution in [3.8, 4) is 17.2 Å². The quantitative estimate of drug-likeness (QED) is 0.339. The van der Waals surface area contributed by atoms with Gasteiger partial charge >= 0.3 is 0 Å². The normalized spacial score (nSPS) is 20.0. The van der Waals surface area contributed by atoms with E-state index < -0.39 is 17.7 Å². The lowest BCUT2D eigenvalue weighted by molar-refractivity contribution is -0.140. The molecule has 9 heteroatoms. The van der Waals surface area contributed by atoms with Gasteiger partial charge in [0, 0.05) is 37.3 Å². The van der Waals surface area contributed by atoms with E-state index in [9.17, 15) is 14.7 Å². The SMILES string of the molecule is COc1ccc(C(O)=C2C(=O)C(=O)N(CCN3CCOCC3)[C@H]2c2cccc(OC)c2OC)c(C)c1. The first kappa shape index (κ1) is 25.5. The Bertz CT molecular complexity index is 1170. The molecule has 2 aliphatic heterocycles. The number of carbonyl (C=O) groups is 2. The summed E-state index contributed by atoms with van der Waals surface area (Å²) in [7, 11) is 4.59. The number of nitrogens with zero attached hydrogens (tertiary/aromatic N) is 2. The highest BCUT2D eigenvalue weighted by Crippen LogP contribution is 2.45. The molecular formula is C27H32N2O7. The summed E-state index contributed by atoms with van der Waals surface area (Å²) in [6.45, 7) is 5.44. The number of hydrogen-bond donors (Lipinski definition) is 1. The van der Waals surface area contributed by atoms with Gasteiger partial charge in [0.15, 0.2) is 11.5 Å². The van der Waals surface area contributed by atoms with Gasteiger partial charge in [0.2, 0.25) is 0 Å². The Hall–Kier alpha value is -3.56. The maximum absolute atomic E-state index is 13.4. The number of amides is 1. The van der Waals surface area contributed by atoms with Crippen LogP contribution in [-0.2, 0) is 14.3 Å². The van der Waals surface area contributed by atoms with Crippen molar-refractivity contribution in [2.24, 2.45) is 0 Å². The minimum absolute atomic E-state index is 0.0156. The Morgan fingerprint density at radius 3 is 2.42 bits per heavy atom. The number of benzene rings is 2. The molecule has 0 bridgehead atoms. The number of Topliss-reactive ketones (excluding diaryl/α,β-unsaturated/α-hetero) is 1. The number of aryl methyl sites for hydroxylation is 1. The van der Waals surface area contributed by atoms with Crippen LogP contribution in [0.25, 0.3) is 5.76 Å². The molecule has 2 aromatic rings. The highest BCUT2D eigenvalue weighted by atomic mass is 16.5. The monoisotopic (exact) mass is 496 g/mol. The Labute approximate surface area is 210 Å². The number of aliphatic hydroxyl groups excluding tert-OH is 1. The number of carbonyl (C=O) groups excluding carboxylic acids is 2.